The van der Waals surface area contributed by atoms with E-state index in [0.717, 1.165) is 25.9 Å². The lowest BCUT2D eigenvalue weighted by Crippen LogP contribution is -2.30. The Morgan fingerprint density at radius 2 is 2.26 bits per heavy atom. The van der Waals surface area contributed by atoms with Crippen LogP contribution in [0.15, 0.2) is 12.4 Å². The smallest absolute Gasteiger partial charge is 0.382 e. The fourth-order valence-corrected chi connectivity index (χ4v) is 1.85. The Morgan fingerprint density at radius 3 is 3.00 bits per heavy atom. The molecule has 1 aliphatic heterocycles. The Morgan fingerprint density at radius 1 is 1.47 bits per heavy atom. The van der Waals surface area contributed by atoms with E-state index in [1.54, 1.807) is 0 Å². The van der Waals surface area contributed by atoms with E-state index >= 15 is 0 Å². The molecule has 6 heteroatoms. The first-order valence-corrected chi connectivity index (χ1v) is 6.14. The molecule has 0 atom stereocenters. The summed E-state index contributed by atoms with van der Waals surface area (Å²) in [4.78, 5) is 18.4. The third-order valence-corrected chi connectivity index (χ3v) is 2.84. The van der Waals surface area contributed by atoms with Gasteiger partial charge >= 0.3 is 5.97 Å². The highest BCUT2D eigenvalue weighted by atomic mass is 16.5. The van der Waals surface area contributed by atoms with Crippen LogP contribution in [-0.4, -0.2) is 40.7 Å². The Labute approximate surface area is 111 Å². The second kappa shape index (κ2) is 6.71. The third kappa shape index (κ3) is 4.56. The summed E-state index contributed by atoms with van der Waals surface area (Å²) in [5.41, 5.74) is 0.296. The summed E-state index contributed by atoms with van der Waals surface area (Å²) in [6.45, 7) is 2.64. The summed E-state index contributed by atoms with van der Waals surface area (Å²) in [5, 5.41) is 11.8. The van der Waals surface area contributed by atoms with Gasteiger partial charge in [0.15, 0.2) is 0 Å². The Balaban J connectivity index is 1.91. The van der Waals surface area contributed by atoms with E-state index in [0.29, 0.717) is 24.1 Å². The summed E-state index contributed by atoms with van der Waals surface area (Å²) in [6, 6.07) is 0. The van der Waals surface area contributed by atoms with Gasteiger partial charge in [0.25, 0.3) is 0 Å². The van der Waals surface area contributed by atoms with Gasteiger partial charge in [-0.25, -0.2) is 9.78 Å². The van der Waals surface area contributed by atoms with Crippen molar-refractivity contribution in [2.45, 2.75) is 12.8 Å². The van der Waals surface area contributed by atoms with Gasteiger partial charge in [0.2, 0.25) is 5.88 Å². The molecule has 0 amide bonds. The number of rotatable bonds is 3. The Bertz CT molecular complexity index is 501. The molecule has 0 radical (unpaired) electrons. The highest BCUT2D eigenvalue weighted by molar-refractivity contribution is 5.87. The zero-order valence-corrected chi connectivity index (χ0v) is 10.4. The van der Waals surface area contributed by atoms with Crippen molar-refractivity contribution < 1.29 is 14.6 Å². The standard InChI is InChI=1S/C13H15N3O3/c17-13(18)2-1-11-7-15-8-12(16-11)19-9-10-3-5-14-6-4-10/h7-8,10,14H,3-6,9H2,(H,17,18). The summed E-state index contributed by atoms with van der Waals surface area (Å²) < 4.78 is 5.58. The van der Waals surface area contributed by atoms with E-state index in [9.17, 15) is 4.79 Å². The number of aliphatic carboxylic acids is 1. The van der Waals surface area contributed by atoms with Crippen LogP contribution >= 0.6 is 0 Å². The van der Waals surface area contributed by atoms with Crippen molar-refractivity contribution in [3.8, 4) is 17.7 Å². The molecule has 1 saturated heterocycles. The van der Waals surface area contributed by atoms with Crippen molar-refractivity contribution in [2.24, 2.45) is 5.92 Å². The van der Waals surface area contributed by atoms with Crippen LogP contribution < -0.4 is 10.1 Å². The van der Waals surface area contributed by atoms with Crippen LogP contribution in [0.1, 0.15) is 18.5 Å². The lowest BCUT2D eigenvalue weighted by molar-refractivity contribution is -0.130. The Kier molecular flexibility index (Phi) is 4.70. The topological polar surface area (TPSA) is 84.3 Å². The minimum atomic E-state index is -1.19. The third-order valence-electron chi connectivity index (χ3n) is 2.84. The molecule has 1 aromatic rings. The van der Waals surface area contributed by atoms with Gasteiger partial charge in [-0.15, -0.1) is 0 Å². The molecule has 6 nitrogen and oxygen atoms in total. The predicted molar refractivity (Wildman–Crippen MR) is 67.6 cm³/mol. The van der Waals surface area contributed by atoms with Crippen LogP contribution in [0, 0.1) is 17.8 Å². The van der Waals surface area contributed by atoms with Crippen molar-refractivity contribution in [2.75, 3.05) is 19.7 Å². The fourth-order valence-electron chi connectivity index (χ4n) is 1.85. The molecule has 1 fully saturated rings. The molecule has 0 spiro atoms. The zero-order valence-electron chi connectivity index (χ0n) is 10.4. The fraction of sp³-hybridized carbons (Fsp3) is 0.462. The van der Waals surface area contributed by atoms with Crippen LogP contribution in [0.2, 0.25) is 0 Å². The average Bonchev–Trinajstić information content (AvgIpc) is 2.44. The minimum absolute atomic E-state index is 0.296. The number of carboxylic acids is 1. The van der Waals surface area contributed by atoms with Crippen LogP contribution in [0.25, 0.3) is 0 Å². The molecule has 0 aromatic carbocycles. The number of carboxylic acid groups (broad SMARTS) is 1. The number of nitrogens with one attached hydrogen (secondary N) is 1. The SMILES string of the molecule is O=C(O)C#Cc1cncc(OCC2CCNCC2)n1. The molecule has 2 rings (SSSR count). The highest BCUT2D eigenvalue weighted by Gasteiger charge is 2.13. The predicted octanol–water partition coefficient (Wildman–Crippen LogP) is 0.291. The van der Waals surface area contributed by atoms with E-state index in [-0.39, 0.29) is 0 Å². The van der Waals surface area contributed by atoms with Crippen LogP contribution in [0.4, 0.5) is 0 Å². The monoisotopic (exact) mass is 261 g/mol. The maximum absolute atomic E-state index is 10.3. The van der Waals surface area contributed by atoms with Gasteiger partial charge in [-0.2, -0.15) is 0 Å². The van der Waals surface area contributed by atoms with E-state index in [1.165, 1.54) is 12.4 Å². The molecule has 0 bridgehead atoms. The van der Waals surface area contributed by atoms with Crippen molar-refractivity contribution in [1.82, 2.24) is 15.3 Å². The number of ether oxygens (including phenoxy) is 1. The molecule has 2 heterocycles. The lowest BCUT2D eigenvalue weighted by atomic mass is 9.99. The number of hydrogen-bond donors (Lipinski definition) is 2. The van der Waals surface area contributed by atoms with E-state index in [1.807, 2.05) is 5.92 Å². The maximum Gasteiger partial charge on any atom is 0.382 e. The van der Waals surface area contributed by atoms with Crippen LogP contribution in [0.5, 0.6) is 5.88 Å². The summed E-state index contributed by atoms with van der Waals surface area (Å²) >= 11 is 0. The number of piperidine rings is 1. The highest BCUT2D eigenvalue weighted by Crippen LogP contribution is 2.13. The first kappa shape index (κ1) is 13.3. The molecule has 1 aliphatic rings. The average molecular weight is 261 g/mol. The lowest BCUT2D eigenvalue weighted by Gasteiger charge is -2.22. The summed E-state index contributed by atoms with van der Waals surface area (Å²) in [5.74, 6) is 4.12. The molecule has 19 heavy (non-hydrogen) atoms. The normalized spacial score (nSPS) is 15.4. The molecule has 100 valence electrons. The zero-order chi connectivity index (χ0) is 13.5. The largest absolute Gasteiger partial charge is 0.476 e. The first-order chi connectivity index (χ1) is 9.24. The molecule has 0 aliphatic carbocycles. The quantitative estimate of drug-likeness (QED) is 0.761. The molecule has 2 N–H and O–H groups in total. The number of nitrogens with zero attached hydrogens (tertiary/aromatic N) is 2. The van der Waals surface area contributed by atoms with Gasteiger partial charge in [-0.1, -0.05) is 0 Å². The van der Waals surface area contributed by atoms with Crippen molar-refractivity contribution >= 4 is 5.97 Å². The molecular weight excluding hydrogens is 246 g/mol. The van der Waals surface area contributed by atoms with Gasteiger partial charge < -0.3 is 15.2 Å². The summed E-state index contributed by atoms with van der Waals surface area (Å²) in [6.07, 6.45) is 5.10. The molecular formula is C13H15N3O3. The summed E-state index contributed by atoms with van der Waals surface area (Å²) in [7, 11) is 0. The number of carbonyl (C=O) groups is 1. The van der Waals surface area contributed by atoms with Crippen molar-refractivity contribution in [3.05, 3.63) is 18.1 Å². The van der Waals surface area contributed by atoms with E-state index < -0.39 is 5.97 Å². The van der Waals surface area contributed by atoms with Crippen molar-refractivity contribution in [3.63, 3.8) is 0 Å². The van der Waals surface area contributed by atoms with Gasteiger partial charge in [-0.3, -0.25) is 4.98 Å². The second-order valence-corrected chi connectivity index (χ2v) is 4.30. The maximum atomic E-state index is 10.3. The van der Waals surface area contributed by atoms with Gasteiger partial charge in [0, 0.05) is 5.92 Å². The van der Waals surface area contributed by atoms with Gasteiger partial charge in [-0.05, 0) is 37.8 Å². The van der Waals surface area contributed by atoms with Crippen LogP contribution in [0.3, 0.4) is 0 Å². The first-order valence-electron chi connectivity index (χ1n) is 6.14. The molecule has 0 saturated carbocycles. The molecule has 0 unspecified atom stereocenters. The second-order valence-electron chi connectivity index (χ2n) is 4.30. The van der Waals surface area contributed by atoms with Gasteiger partial charge in [0.05, 0.1) is 19.0 Å². The Hall–Kier alpha value is -2.13. The van der Waals surface area contributed by atoms with E-state index in [2.05, 4.69) is 21.2 Å². The van der Waals surface area contributed by atoms with E-state index in [4.69, 9.17) is 9.84 Å². The van der Waals surface area contributed by atoms with Gasteiger partial charge in [0.1, 0.15) is 5.69 Å². The van der Waals surface area contributed by atoms with Crippen molar-refractivity contribution in [1.29, 1.82) is 0 Å². The molecule has 1 aromatic heterocycles. The minimum Gasteiger partial charge on any atom is -0.476 e. The number of hydrogen-bond acceptors (Lipinski definition) is 5. The number of aromatic nitrogens is 2. The van der Waals surface area contributed by atoms with Crippen LogP contribution in [-0.2, 0) is 4.79 Å².